The molecule has 94 valence electrons. The molecule has 0 spiro atoms. The second-order valence-corrected chi connectivity index (χ2v) is 3.73. The lowest BCUT2D eigenvalue weighted by Gasteiger charge is -2.03. The monoisotopic (exact) mass is 268 g/mol. The fourth-order valence-corrected chi connectivity index (χ4v) is 1.36. The molecule has 2 heterocycles. The highest BCUT2D eigenvalue weighted by Crippen LogP contribution is 2.16. The van der Waals surface area contributed by atoms with Gasteiger partial charge in [-0.2, -0.15) is 4.98 Å². The van der Waals surface area contributed by atoms with Crippen LogP contribution in [-0.4, -0.2) is 28.1 Å². The number of halogens is 1. The molecule has 0 fully saturated rings. The van der Waals surface area contributed by atoms with Crippen molar-refractivity contribution in [2.24, 2.45) is 0 Å². The Morgan fingerprint density at radius 1 is 1.44 bits per heavy atom. The van der Waals surface area contributed by atoms with Gasteiger partial charge in [0.2, 0.25) is 17.6 Å². The van der Waals surface area contributed by atoms with Crippen LogP contribution in [0.1, 0.15) is 16.2 Å². The van der Waals surface area contributed by atoms with Crippen molar-refractivity contribution in [2.45, 2.75) is 6.92 Å². The molecule has 0 atom stereocenters. The molecule has 0 aromatic carbocycles. The SMILES string of the molecule is COc1cc(Cl)nc(NC(=O)c2cc(C)no2)n1. The van der Waals surface area contributed by atoms with E-state index in [-0.39, 0.29) is 22.7 Å². The first kappa shape index (κ1) is 12.3. The summed E-state index contributed by atoms with van der Waals surface area (Å²) in [6.07, 6.45) is 0. The number of nitrogens with one attached hydrogen (secondary N) is 1. The molecular weight excluding hydrogens is 260 g/mol. The third-order valence-corrected chi connectivity index (χ3v) is 2.15. The van der Waals surface area contributed by atoms with Crippen molar-refractivity contribution in [3.05, 3.63) is 28.7 Å². The molecule has 0 bridgehead atoms. The molecule has 18 heavy (non-hydrogen) atoms. The Balaban J connectivity index is 2.18. The first-order chi connectivity index (χ1) is 8.58. The molecule has 0 aliphatic heterocycles. The average molecular weight is 269 g/mol. The molecule has 0 radical (unpaired) electrons. The zero-order valence-electron chi connectivity index (χ0n) is 9.60. The van der Waals surface area contributed by atoms with E-state index in [0.717, 1.165) is 0 Å². The summed E-state index contributed by atoms with van der Waals surface area (Å²) in [4.78, 5) is 19.5. The van der Waals surface area contributed by atoms with E-state index in [4.69, 9.17) is 20.9 Å². The number of methoxy groups -OCH3 is 1. The lowest BCUT2D eigenvalue weighted by molar-refractivity contribution is 0.0987. The van der Waals surface area contributed by atoms with Gasteiger partial charge in [0.05, 0.1) is 12.8 Å². The maximum Gasteiger partial charge on any atom is 0.296 e. The Morgan fingerprint density at radius 2 is 2.22 bits per heavy atom. The van der Waals surface area contributed by atoms with Gasteiger partial charge in [0.15, 0.2) is 0 Å². The lowest BCUT2D eigenvalue weighted by atomic mass is 10.4. The lowest BCUT2D eigenvalue weighted by Crippen LogP contribution is -2.13. The molecule has 1 amide bonds. The van der Waals surface area contributed by atoms with E-state index in [2.05, 4.69) is 20.4 Å². The standard InChI is InChI=1S/C10H9ClN4O3/c1-5-3-6(18-15-5)9(16)14-10-12-7(11)4-8(13-10)17-2/h3-4H,1-2H3,(H,12,13,14,16). The highest BCUT2D eigenvalue weighted by molar-refractivity contribution is 6.29. The van der Waals surface area contributed by atoms with E-state index in [1.165, 1.54) is 19.2 Å². The number of anilines is 1. The number of ether oxygens (including phenoxy) is 1. The molecule has 2 aromatic rings. The number of carbonyl (C=O) groups is 1. The van der Waals surface area contributed by atoms with Gasteiger partial charge in [0.25, 0.3) is 5.91 Å². The van der Waals surface area contributed by atoms with Crippen LogP contribution in [0.4, 0.5) is 5.95 Å². The first-order valence-corrected chi connectivity index (χ1v) is 5.29. The van der Waals surface area contributed by atoms with Crippen LogP contribution in [0.15, 0.2) is 16.7 Å². The minimum atomic E-state index is -0.514. The summed E-state index contributed by atoms with van der Waals surface area (Å²) in [6, 6.07) is 2.92. The number of aryl methyl sites for hydroxylation is 1. The summed E-state index contributed by atoms with van der Waals surface area (Å²) >= 11 is 5.74. The minimum absolute atomic E-state index is 0.0263. The molecule has 0 aliphatic rings. The van der Waals surface area contributed by atoms with E-state index >= 15 is 0 Å². The van der Waals surface area contributed by atoms with Crippen molar-refractivity contribution < 1.29 is 14.1 Å². The van der Waals surface area contributed by atoms with Gasteiger partial charge in [0, 0.05) is 12.1 Å². The molecule has 2 rings (SSSR count). The van der Waals surface area contributed by atoms with E-state index in [1.807, 2.05) is 0 Å². The van der Waals surface area contributed by atoms with Crippen molar-refractivity contribution in [1.29, 1.82) is 0 Å². The van der Waals surface area contributed by atoms with Crippen LogP contribution in [-0.2, 0) is 0 Å². The molecule has 1 N–H and O–H groups in total. The Hall–Kier alpha value is -2.15. The highest BCUT2D eigenvalue weighted by Gasteiger charge is 2.14. The number of amides is 1. The van der Waals surface area contributed by atoms with Crippen LogP contribution in [0.2, 0.25) is 5.15 Å². The molecule has 8 heteroatoms. The zero-order valence-corrected chi connectivity index (χ0v) is 10.4. The third-order valence-electron chi connectivity index (χ3n) is 1.96. The van der Waals surface area contributed by atoms with Crippen LogP contribution in [0.3, 0.4) is 0 Å². The number of rotatable bonds is 3. The van der Waals surface area contributed by atoms with Crippen LogP contribution in [0.5, 0.6) is 5.88 Å². The van der Waals surface area contributed by atoms with Crippen molar-refractivity contribution in [3.63, 3.8) is 0 Å². The predicted octanol–water partition coefficient (Wildman–Crippen LogP) is 1.69. The van der Waals surface area contributed by atoms with Gasteiger partial charge in [-0.3, -0.25) is 10.1 Å². The van der Waals surface area contributed by atoms with Gasteiger partial charge < -0.3 is 9.26 Å². The zero-order chi connectivity index (χ0) is 13.1. The Bertz CT molecular complexity index is 584. The summed E-state index contributed by atoms with van der Waals surface area (Å²) in [5, 5.41) is 6.19. The van der Waals surface area contributed by atoms with E-state index in [1.54, 1.807) is 6.92 Å². The number of aromatic nitrogens is 3. The maximum atomic E-state index is 11.7. The van der Waals surface area contributed by atoms with Crippen molar-refractivity contribution in [3.8, 4) is 5.88 Å². The van der Waals surface area contributed by atoms with Gasteiger partial charge in [0.1, 0.15) is 5.15 Å². The second kappa shape index (κ2) is 5.01. The quantitative estimate of drug-likeness (QED) is 0.852. The third kappa shape index (κ3) is 2.75. The smallest absolute Gasteiger partial charge is 0.296 e. The van der Waals surface area contributed by atoms with Crippen LogP contribution in [0, 0.1) is 6.92 Å². The molecule has 2 aromatic heterocycles. The fraction of sp³-hybridized carbons (Fsp3) is 0.200. The maximum absolute atomic E-state index is 11.7. The predicted molar refractivity (Wildman–Crippen MR) is 62.8 cm³/mol. The van der Waals surface area contributed by atoms with Gasteiger partial charge in [-0.05, 0) is 6.92 Å². The van der Waals surface area contributed by atoms with E-state index in [9.17, 15) is 4.79 Å². The summed E-state index contributed by atoms with van der Waals surface area (Å²) in [5.74, 6) is -0.174. The van der Waals surface area contributed by atoms with Crippen LogP contribution in [0.25, 0.3) is 0 Å². The molecule has 0 unspecified atom stereocenters. The topological polar surface area (TPSA) is 90.1 Å². The average Bonchev–Trinajstić information content (AvgIpc) is 2.75. The summed E-state index contributed by atoms with van der Waals surface area (Å²) < 4.78 is 9.71. The highest BCUT2D eigenvalue weighted by atomic mass is 35.5. The summed E-state index contributed by atoms with van der Waals surface area (Å²) in [7, 11) is 1.43. The molecule has 0 saturated carbocycles. The molecule has 0 saturated heterocycles. The van der Waals surface area contributed by atoms with E-state index < -0.39 is 5.91 Å². The van der Waals surface area contributed by atoms with Crippen LogP contribution < -0.4 is 10.1 Å². The second-order valence-electron chi connectivity index (χ2n) is 3.34. The fourth-order valence-electron chi connectivity index (χ4n) is 1.19. The number of nitrogens with zero attached hydrogens (tertiary/aromatic N) is 3. The number of hydrogen-bond acceptors (Lipinski definition) is 6. The van der Waals surface area contributed by atoms with Gasteiger partial charge in [-0.25, -0.2) is 4.98 Å². The Labute approximate surface area is 107 Å². The number of carbonyl (C=O) groups excluding carboxylic acids is 1. The summed E-state index contributed by atoms with van der Waals surface area (Å²) in [5.41, 5.74) is 0.602. The Morgan fingerprint density at radius 3 is 2.83 bits per heavy atom. The normalized spacial score (nSPS) is 10.2. The van der Waals surface area contributed by atoms with Crippen LogP contribution >= 0.6 is 11.6 Å². The number of hydrogen-bond donors (Lipinski definition) is 1. The van der Waals surface area contributed by atoms with E-state index in [0.29, 0.717) is 5.69 Å². The van der Waals surface area contributed by atoms with Gasteiger partial charge in [-0.15, -0.1) is 0 Å². The van der Waals surface area contributed by atoms with Crippen molar-refractivity contribution >= 4 is 23.5 Å². The van der Waals surface area contributed by atoms with Gasteiger partial charge >= 0.3 is 0 Å². The Kier molecular flexibility index (Phi) is 3.42. The molecule has 7 nitrogen and oxygen atoms in total. The minimum Gasteiger partial charge on any atom is -0.481 e. The molecule has 0 aliphatic carbocycles. The largest absolute Gasteiger partial charge is 0.481 e. The van der Waals surface area contributed by atoms with Crippen molar-refractivity contribution in [1.82, 2.24) is 15.1 Å². The molecular formula is C10H9ClN4O3. The van der Waals surface area contributed by atoms with Gasteiger partial charge in [-0.1, -0.05) is 16.8 Å². The van der Waals surface area contributed by atoms with Crippen molar-refractivity contribution in [2.75, 3.05) is 12.4 Å². The summed E-state index contributed by atoms with van der Waals surface area (Å²) in [6.45, 7) is 1.71. The first-order valence-electron chi connectivity index (χ1n) is 4.91.